The van der Waals surface area contributed by atoms with Crippen LogP contribution >= 0.6 is 0 Å². The zero-order valence-electron chi connectivity index (χ0n) is 23.8. The normalized spacial score (nSPS) is 10.9. The first kappa shape index (κ1) is 30.1. The summed E-state index contributed by atoms with van der Waals surface area (Å²) in [4.78, 5) is 40.2. The van der Waals surface area contributed by atoms with Gasteiger partial charge in [0.05, 0.1) is 11.0 Å². The maximum absolute atomic E-state index is 13.4. The highest BCUT2D eigenvalue weighted by Crippen LogP contribution is 2.29. The van der Waals surface area contributed by atoms with Crippen molar-refractivity contribution >= 4 is 45.3 Å². The Hall–Kier alpha value is -5.37. The zero-order valence-corrected chi connectivity index (χ0v) is 23.8. The number of anilines is 2. The summed E-state index contributed by atoms with van der Waals surface area (Å²) >= 11 is 0. The summed E-state index contributed by atoms with van der Waals surface area (Å²) in [6, 6.07) is 20.8. The van der Waals surface area contributed by atoms with E-state index in [1.165, 1.54) is 12.1 Å². The van der Waals surface area contributed by atoms with Crippen molar-refractivity contribution in [3.63, 3.8) is 0 Å². The molecule has 0 spiro atoms. The van der Waals surface area contributed by atoms with E-state index in [0.717, 1.165) is 10.8 Å². The summed E-state index contributed by atoms with van der Waals surface area (Å²) in [7, 11) is 0. The minimum Gasteiger partial charge on any atom is -0.492 e. The predicted molar refractivity (Wildman–Crippen MR) is 167 cm³/mol. The molecule has 0 bridgehead atoms. The van der Waals surface area contributed by atoms with Gasteiger partial charge in [-0.15, -0.1) is 0 Å². The predicted octanol–water partition coefficient (Wildman–Crippen LogP) is 2.70. The molecule has 2 aromatic carbocycles. The third-order valence-electron chi connectivity index (χ3n) is 6.24. The van der Waals surface area contributed by atoms with Crippen molar-refractivity contribution in [2.45, 2.75) is 0 Å². The van der Waals surface area contributed by atoms with Gasteiger partial charge >= 0.3 is 0 Å². The van der Waals surface area contributed by atoms with Gasteiger partial charge in [0, 0.05) is 54.7 Å². The van der Waals surface area contributed by atoms with E-state index in [4.69, 9.17) is 31.4 Å². The van der Waals surface area contributed by atoms with Crippen LogP contribution in [-0.2, 0) is 0 Å². The molecule has 13 nitrogen and oxygen atoms in total. The lowest BCUT2D eigenvalue weighted by Crippen LogP contribution is -2.20. The Balaban J connectivity index is 1.43. The fraction of sp³-hybridized carbons (Fsp3) is 0.194. The standard InChI is InChI=1S/C31H32N8O5/c32-9-12-42-19-15-24(30(40)38-28-17-26(43-13-10-33)20-5-1-3-7-22(20)36-28)35-25(16-19)31(41)39-29-18-27(44-14-11-34)21-6-2-4-8-23(21)37-29/h1-8,15-18H,9-14,32-34H2,(H,36,38,40)(H,37,39,41). The molecule has 0 saturated heterocycles. The van der Waals surface area contributed by atoms with Crippen LogP contribution in [0.5, 0.6) is 17.2 Å². The van der Waals surface area contributed by atoms with Gasteiger partial charge in [-0.3, -0.25) is 9.59 Å². The first-order chi connectivity index (χ1) is 21.5. The molecular formula is C31H32N8O5. The molecule has 226 valence electrons. The second-order valence-electron chi connectivity index (χ2n) is 9.44. The first-order valence-corrected chi connectivity index (χ1v) is 13.9. The second-order valence-corrected chi connectivity index (χ2v) is 9.44. The van der Waals surface area contributed by atoms with Crippen LogP contribution in [0.15, 0.2) is 72.8 Å². The van der Waals surface area contributed by atoms with Crippen molar-refractivity contribution in [2.24, 2.45) is 17.2 Å². The molecule has 0 saturated carbocycles. The van der Waals surface area contributed by atoms with Crippen LogP contribution in [-0.4, -0.2) is 66.2 Å². The Morgan fingerprint density at radius 2 is 1.02 bits per heavy atom. The maximum Gasteiger partial charge on any atom is 0.275 e. The van der Waals surface area contributed by atoms with Gasteiger partial charge in [-0.2, -0.15) is 0 Å². The van der Waals surface area contributed by atoms with E-state index in [1.807, 2.05) is 36.4 Å². The molecule has 8 N–H and O–H groups in total. The second kappa shape index (κ2) is 14.2. The van der Waals surface area contributed by atoms with Crippen LogP contribution in [0.4, 0.5) is 11.6 Å². The number of nitrogens with one attached hydrogen (secondary N) is 2. The smallest absolute Gasteiger partial charge is 0.275 e. The van der Waals surface area contributed by atoms with E-state index < -0.39 is 11.8 Å². The minimum absolute atomic E-state index is 0.0810. The number of carbonyl (C=O) groups excluding carboxylic acids is 2. The van der Waals surface area contributed by atoms with Crippen LogP contribution in [0.2, 0.25) is 0 Å². The molecule has 3 heterocycles. The molecule has 3 aromatic heterocycles. The summed E-state index contributed by atoms with van der Waals surface area (Å²) < 4.78 is 17.2. The Bertz CT molecular complexity index is 1680. The summed E-state index contributed by atoms with van der Waals surface area (Å²) in [6.07, 6.45) is 0. The molecule has 0 atom stereocenters. The fourth-order valence-electron chi connectivity index (χ4n) is 4.35. The Kier molecular flexibility index (Phi) is 9.71. The molecule has 0 aliphatic rings. The van der Waals surface area contributed by atoms with E-state index in [9.17, 15) is 9.59 Å². The molecule has 44 heavy (non-hydrogen) atoms. The van der Waals surface area contributed by atoms with Gasteiger partial charge < -0.3 is 42.0 Å². The van der Waals surface area contributed by atoms with E-state index in [2.05, 4.69) is 25.6 Å². The molecular weight excluding hydrogens is 564 g/mol. The summed E-state index contributed by atoms with van der Waals surface area (Å²) in [5.74, 6) is 0.485. The van der Waals surface area contributed by atoms with Gasteiger partial charge in [0.25, 0.3) is 11.8 Å². The molecule has 0 aliphatic heterocycles. The largest absolute Gasteiger partial charge is 0.492 e. The highest BCUT2D eigenvalue weighted by atomic mass is 16.5. The van der Waals surface area contributed by atoms with Crippen molar-refractivity contribution in [1.82, 2.24) is 15.0 Å². The third-order valence-corrected chi connectivity index (χ3v) is 6.24. The number of para-hydroxylation sites is 2. The van der Waals surface area contributed by atoms with Crippen molar-refractivity contribution < 1.29 is 23.8 Å². The number of carbonyl (C=O) groups is 2. The van der Waals surface area contributed by atoms with E-state index in [1.54, 1.807) is 24.3 Å². The zero-order chi connectivity index (χ0) is 30.9. The van der Waals surface area contributed by atoms with Crippen LogP contribution < -0.4 is 42.0 Å². The lowest BCUT2D eigenvalue weighted by molar-refractivity contribution is 0.101. The van der Waals surface area contributed by atoms with Gasteiger partial charge in [0.2, 0.25) is 0 Å². The molecule has 0 fully saturated rings. The monoisotopic (exact) mass is 596 g/mol. The van der Waals surface area contributed by atoms with Crippen molar-refractivity contribution in [1.29, 1.82) is 0 Å². The first-order valence-electron chi connectivity index (χ1n) is 13.9. The fourth-order valence-corrected chi connectivity index (χ4v) is 4.35. The summed E-state index contributed by atoms with van der Waals surface area (Å²) in [6.45, 7) is 1.60. The number of hydrogen-bond acceptors (Lipinski definition) is 11. The van der Waals surface area contributed by atoms with Crippen LogP contribution in [0.3, 0.4) is 0 Å². The number of amides is 2. The number of fused-ring (bicyclic) bond motifs is 2. The summed E-state index contributed by atoms with van der Waals surface area (Å²) in [5, 5.41) is 7.02. The number of nitrogens with two attached hydrogens (primary N) is 3. The molecule has 13 heteroatoms. The Labute approximate surface area is 252 Å². The molecule has 0 unspecified atom stereocenters. The highest BCUT2D eigenvalue weighted by molar-refractivity contribution is 6.07. The van der Waals surface area contributed by atoms with Gasteiger partial charge in [-0.25, -0.2) is 15.0 Å². The van der Waals surface area contributed by atoms with E-state index in [0.29, 0.717) is 35.6 Å². The summed E-state index contributed by atoms with van der Waals surface area (Å²) in [5.41, 5.74) is 17.9. The average Bonchev–Trinajstić information content (AvgIpc) is 3.04. The molecule has 0 radical (unpaired) electrons. The van der Waals surface area contributed by atoms with Crippen LogP contribution in [0, 0.1) is 0 Å². The quantitative estimate of drug-likeness (QED) is 0.134. The number of benzene rings is 2. The minimum atomic E-state index is -0.619. The molecule has 0 aliphatic carbocycles. The van der Waals surface area contributed by atoms with Crippen molar-refractivity contribution in [2.75, 3.05) is 50.1 Å². The molecule has 2 amide bonds. The molecule has 5 aromatic rings. The van der Waals surface area contributed by atoms with E-state index in [-0.39, 0.29) is 55.1 Å². The van der Waals surface area contributed by atoms with Gasteiger partial charge in [-0.1, -0.05) is 24.3 Å². The lowest BCUT2D eigenvalue weighted by atomic mass is 10.2. The Morgan fingerprint density at radius 1 is 0.591 bits per heavy atom. The average molecular weight is 597 g/mol. The Morgan fingerprint density at radius 3 is 1.48 bits per heavy atom. The van der Waals surface area contributed by atoms with Gasteiger partial charge in [0.1, 0.15) is 60.1 Å². The lowest BCUT2D eigenvalue weighted by Gasteiger charge is -2.13. The maximum atomic E-state index is 13.4. The third kappa shape index (κ3) is 7.15. The number of aromatic nitrogens is 3. The number of pyridine rings is 3. The highest BCUT2D eigenvalue weighted by Gasteiger charge is 2.19. The number of hydrogen-bond donors (Lipinski definition) is 5. The number of nitrogens with zero attached hydrogens (tertiary/aromatic N) is 3. The number of ether oxygens (including phenoxy) is 3. The van der Waals surface area contributed by atoms with Crippen LogP contribution in [0.25, 0.3) is 21.8 Å². The van der Waals surface area contributed by atoms with E-state index >= 15 is 0 Å². The molecule has 5 rings (SSSR count). The van der Waals surface area contributed by atoms with Gasteiger partial charge in [-0.05, 0) is 24.3 Å². The van der Waals surface area contributed by atoms with Crippen molar-refractivity contribution in [3.05, 3.63) is 84.2 Å². The van der Waals surface area contributed by atoms with Crippen LogP contribution in [0.1, 0.15) is 21.0 Å². The number of rotatable bonds is 13. The topological polar surface area (TPSA) is 203 Å². The SMILES string of the molecule is NCCOc1cc(C(=O)Nc2cc(OCCN)c3ccccc3n2)nc(C(=O)Nc2cc(OCCN)c3ccccc3n2)c1. The van der Waals surface area contributed by atoms with Crippen molar-refractivity contribution in [3.8, 4) is 17.2 Å². The van der Waals surface area contributed by atoms with Gasteiger partial charge in [0.15, 0.2) is 0 Å².